The summed E-state index contributed by atoms with van der Waals surface area (Å²) in [5.74, 6) is -0.255. The summed E-state index contributed by atoms with van der Waals surface area (Å²) in [5.41, 5.74) is 4.67. The average molecular weight is 264 g/mol. The summed E-state index contributed by atoms with van der Waals surface area (Å²) < 4.78 is 0. The van der Waals surface area contributed by atoms with Gasteiger partial charge < -0.3 is 4.98 Å². The highest BCUT2D eigenvalue weighted by atomic mass is 16.2. The monoisotopic (exact) mass is 264 g/mol. The molecule has 0 saturated carbocycles. The summed E-state index contributed by atoms with van der Waals surface area (Å²) in [5, 5.41) is 4.78. The van der Waals surface area contributed by atoms with E-state index in [-0.39, 0.29) is 5.91 Å². The maximum atomic E-state index is 12.0. The Bertz CT molecular complexity index is 762. The second-order valence-corrected chi connectivity index (χ2v) is 4.20. The number of para-hydroxylation sites is 1. The van der Waals surface area contributed by atoms with E-state index in [1.54, 1.807) is 18.5 Å². The first-order chi connectivity index (χ1) is 9.84. The minimum atomic E-state index is -0.255. The molecule has 98 valence electrons. The largest absolute Gasteiger partial charge is 0.360 e. The van der Waals surface area contributed by atoms with Crippen LogP contribution in [0.3, 0.4) is 0 Å². The molecule has 0 radical (unpaired) electrons. The molecular formula is C15H12N4O. The Morgan fingerprint density at radius 2 is 2.05 bits per heavy atom. The maximum absolute atomic E-state index is 12.0. The third-order valence-electron chi connectivity index (χ3n) is 2.88. The number of aromatic nitrogens is 2. The first kappa shape index (κ1) is 12.1. The molecule has 0 aliphatic carbocycles. The van der Waals surface area contributed by atoms with Gasteiger partial charge in [0.2, 0.25) is 0 Å². The van der Waals surface area contributed by atoms with Crippen LogP contribution in [0.1, 0.15) is 16.1 Å². The third-order valence-corrected chi connectivity index (χ3v) is 2.88. The quantitative estimate of drug-likeness (QED) is 0.563. The van der Waals surface area contributed by atoms with Gasteiger partial charge in [0.15, 0.2) is 0 Å². The summed E-state index contributed by atoms with van der Waals surface area (Å²) in [6.45, 7) is 0. The number of nitrogens with one attached hydrogen (secondary N) is 2. The molecule has 2 heterocycles. The smallest absolute Gasteiger partial charge is 0.273 e. The number of hydrogen-bond donors (Lipinski definition) is 2. The fourth-order valence-corrected chi connectivity index (χ4v) is 1.93. The third kappa shape index (κ3) is 2.42. The standard InChI is InChI=1S/C15H12N4O/c20-15(19-18-9-11-5-3-4-8-16-11)13-10-17-14-7-2-1-6-12(13)14/h1-10,17H,(H,19,20). The van der Waals surface area contributed by atoms with Crippen LogP contribution in [0.2, 0.25) is 0 Å². The van der Waals surface area contributed by atoms with Gasteiger partial charge in [0.1, 0.15) is 0 Å². The molecular weight excluding hydrogens is 252 g/mol. The molecule has 0 bridgehead atoms. The average Bonchev–Trinajstić information content (AvgIpc) is 2.92. The number of benzene rings is 1. The van der Waals surface area contributed by atoms with Gasteiger partial charge in [0.05, 0.1) is 17.5 Å². The lowest BCUT2D eigenvalue weighted by atomic mass is 10.2. The first-order valence-electron chi connectivity index (χ1n) is 6.15. The number of H-pyrrole nitrogens is 1. The minimum Gasteiger partial charge on any atom is -0.360 e. The molecule has 2 N–H and O–H groups in total. The molecule has 2 aromatic heterocycles. The highest BCUT2D eigenvalue weighted by molar-refractivity contribution is 6.06. The molecule has 5 nitrogen and oxygen atoms in total. The van der Waals surface area contributed by atoms with Crippen molar-refractivity contribution in [2.24, 2.45) is 5.10 Å². The molecule has 1 aromatic carbocycles. The number of hydrogen-bond acceptors (Lipinski definition) is 3. The Hall–Kier alpha value is -2.95. The summed E-state index contributed by atoms with van der Waals surface area (Å²) >= 11 is 0. The lowest BCUT2D eigenvalue weighted by molar-refractivity contribution is 0.0957. The van der Waals surface area contributed by atoms with Crippen LogP contribution in [-0.2, 0) is 0 Å². The van der Waals surface area contributed by atoms with Gasteiger partial charge in [-0.25, -0.2) is 5.43 Å². The lowest BCUT2D eigenvalue weighted by Crippen LogP contribution is -2.17. The molecule has 1 amide bonds. The van der Waals surface area contributed by atoms with E-state index in [1.165, 1.54) is 6.21 Å². The highest BCUT2D eigenvalue weighted by Crippen LogP contribution is 2.17. The number of hydrazone groups is 1. The second-order valence-electron chi connectivity index (χ2n) is 4.20. The zero-order valence-corrected chi connectivity index (χ0v) is 10.6. The first-order valence-corrected chi connectivity index (χ1v) is 6.15. The van der Waals surface area contributed by atoms with Gasteiger partial charge in [-0.15, -0.1) is 0 Å². The fraction of sp³-hybridized carbons (Fsp3) is 0. The van der Waals surface area contributed by atoms with Gasteiger partial charge in [-0.3, -0.25) is 9.78 Å². The van der Waals surface area contributed by atoms with Gasteiger partial charge in [0, 0.05) is 23.3 Å². The number of rotatable bonds is 3. The van der Waals surface area contributed by atoms with Crippen molar-refractivity contribution in [2.75, 3.05) is 0 Å². The van der Waals surface area contributed by atoms with Gasteiger partial charge in [-0.1, -0.05) is 24.3 Å². The SMILES string of the molecule is O=C(NN=Cc1ccccn1)c1c[nH]c2ccccc12. The van der Waals surface area contributed by atoms with Gasteiger partial charge >= 0.3 is 0 Å². The molecule has 0 unspecified atom stereocenters. The number of amides is 1. The van der Waals surface area contributed by atoms with Crippen molar-refractivity contribution in [3.05, 3.63) is 66.1 Å². The van der Waals surface area contributed by atoms with Crippen molar-refractivity contribution >= 4 is 23.0 Å². The Morgan fingerprint density at radius 1 is 1.20 bits per heavy atom. The van der Waals surface area contributed by atoms with E-state index < -0.39 is 0 Å². The summed E-state index contributed by atoms with van der Waals surface area (Å²) in [7, 11) is 0. The molecule has 3 aromatic rings. The highest BCUT2D eigenvalue weighted by Gasteiger charge is 2.10. The number of pyridine rings is 1. The number of nitrogens with zero attached hydrogens (tertiary/aromatic N) is 2. The van der Waals surface area contributed by atoms with Crippen molar-refractivity contribution in [3.63, 3.8) is 0 Å². The molecule has 0 fully saturated rings. The molecule has 0 atom stereocenters. The number of carbonyl (C=O) groups excluding carboxylic acids is 1. The van der Waals surface area contributed by atoms with E-state index in [0.29, 0.717) is 11.3 Å². The van der Waals surface area contributed by atoms with E-state index >= 15 is 0 Å². The van der Waals surface area contributed by atoms with Gasteiger partial charge in [-0.2, -0.15) is 5.10 Å². The van der Waals surface area contributed by atoms with Crippen molar-refractivity contribution in [1.29, 1.82) is 0 Å². The molecule has 0 aliphatic rings. The molecule has 0 aliphatic heterocycles. The van der Waals surface area contributed by atoms with Crippen LogP contribution in [-0.4, -0.2) is 22.1 Å². The number of aromatic amines is 1. The van der Waals surface area contributed by atoms with Crippen LogP contribution >= 0.6 is 0 Å². The Labute approximate surface area is 115 Å². The van der Waals surface area contributed by atoms with E-state index in [9.17, 15) is 4.79 Å². The molecule has 5 heteroatoms. The van der Waals surface area contributed by atoms with E-state index in [4.69, 9.17) is 0 Å². The van der Waals surface area contributed by atoms with Crippen LogP contribution < -0.4 is 5.43 Å². The molecule has 20 heavy (non-hydrogen) atoms. The van der Waals surface area contributed by atoms with Gasteiger partial charge in [-0.05, 0) is 18.2 Å². The zero-order valence-electron chi connectivity index (χ0n) is 10.6. The molecule has 0 spiro atoms. The van der Waals surface area contributed by atoms with E-state index in [0.717, 1.165) is 10.9 Å². The van der Waals surface area contributed by atoms with Crippen molar-refractivity contribution in [2.45, 2.75) is 0 Å². The normalized spacial score (nSPS) is 11.0. The van der Waals surface area contributed by atoms with Crippen molar-refractivity contribution < 1.29 is 4.79 Å². The lowest BCUT2D eigenvalue weighted by Gasteiger charge is -1.97. The summed E-state index contributed by atoms with van der Waals surface area (Å²) in [4.78, 5) is 19.2. The molecule has 0 saturated heterocycles. The van der Waals surface area contributed by atoms with Crippen LogP contribution in [0.15, 0.2) is 60.0 Å². The van der Waals surface area contributed by atoms with Crippen molar-refractivity contribution in [1.82, 2.24) is 15.4 Å². The molecule has 3 rings (SSSR count). The topological polar surface area (TPSA) is 70.1 Å². The summed E-state index contributed by atoms with van der Waals surface area (Å²) in [6.07, 6.45) is 4.85. The Balaban J connectivity index is 1.75. The zero-order chi connectivity index (χ0) is 13.8. The van der Waals surface area contributed by atoms with Crippen LogP contribution in [0.25, 0.3) is 10.9 Å². The predicted octanol–water partition coefficient (Wildman–Crippen LogP) is 2.33. The maximum Gasteiger partial charge on any atom is 0.273 e. The van der Waals surface area contributed by atoms with Crippen molar-refractivity contribution in [3.8, 4) is 0 Å². The Morgan fingerprint density at radius 3 is 2.90 bits per heavy atom. The van der Waals surface area contributed by atoms with Crippen LogP contribution in [0, 0.1) is 0 Å². The van der Waals surface area contributed by atoms with E-state index in [2.05, 4.69) is 20.5 Å². The Kier molecular flexibility index (Phi) is 3.24. The summed E-state index contributed by atoms with van der Waals surface area (Å²) in [6, 6.07) is 13.1. The fourth-order valence-electron chi connectivity index (χ4n) is 1.93. The van der Waals surface area contributed by atoms with Crippen LogP contribution in [0.5, 0.6) is 0 Å². The number of carbonyl (C=O) groups is 1. The van der Waals surface area contributed by atoms with E-state index in [1.807, 2.05) is 36.4 Å². The number of fused-ring (bicyclic) bond motifs is 1. The second kappa shape index (κ2) is 5.36. The van der Waals surface area contributed by atoms with Crippen LogP contribution in [0.4, 0.5) is 0 Å². The predicted molar refractivity (Wildman–Crippen MR) is 77.6 cm³/mol. The minimum absolute atomic E-state index is 0.255. The van der Waals surface area contributed by atoms with Gasteiger partial charge in [0.25, 0.3) is 5.91 Å².